The minimum Gasteiger partial charge on any atom is -0.305 e. The highest BCUT2D eigenvalue weighted by atomic mass is 19.1. The first-order valence-corrected chi connectivity index (χ1v) is 7.10. The summed E-state index contributed by atoms with van der Waals surface area (Å²) in [5, 5.41) is 0. The van der Waals surface area contributed by atoms with Crippen molar-refractivity contribution < 1.29 is 9.18 Å². The van der Waals surface area contributed by atoms with Crippen LogP contribution in [0.15, 0.2) is 54.1 Å². The molecular weight excluding hydrogens is 265 g/mol. The van der Waals surface area contributed by atoms with Gasteiger partial charge in [-0.1, -0.05) is 30.3 Å². The quantitative estimate of drug-likeness (QED) is 0.731. The second kappa shape index (κ2) is 4.55. The van der Waals surface area contributed by atoms with Gasteiger partial charge in [0.05, 0.1) is 0 Å². The molecule has 4 rings (SSSR count). The van der Waals surface area contributed by atoms with Gasteiger partial charge in [-0.3, -0.25) is 4.79 Å². The Bertz CT molecular complexity index is 748. The van der Waals surface area contributed by atoms with E-state index in [0.717, 1.165) is 29.7 Å². The third kappa shape index (κ3) is 1.97. The van der Waals surface area contributed by atoms with Crippen molar-refractivity contribution in [1.29, 1.82) is 0 Å². The maximum atomic E-state index is 12.9. The zero-order valence-corrected chi connectivity index (χ0v) is 11.4. The van der Waals surface area contributed by atoms with Crippen LogP contribution in [0.25, 0.3) is 6.08 Å². The molecule has 0 radical (unpaired) electrons. The summed E-state index contributed by atoms with van der Waals surface area (Å²) in [6.45, 7) is 0. The van der Waals surface area contributed by atoms with E-state index in [1.807, 2.05) is 29.2 Å². The molecule has 2 aliphatic rings. The molecule has 2 nitrogen and oxygen atoms in total. The van der Waals surface area contributed by atoms with Crippen molar-refractivity contribution in [2.24, 2.45) is 0 Å². The topological polar surface area (TPSA) is 20.3 Å². The van der Waals surface area contributed by atoms with Crippen LogP contribution >= 0.6 is 0 Å². The van der Waals surface area contributed by atoms with Gasteiger partial charge in [-0.25, -0.2) is 4.39 Å². The first-order valence-electron chi connectivity index (χ1n) is 7.10. The number of nitrogens with zero attached hydrogens (tertiary/aromatic N) is 1. The van der Waals surface area contributed by atoms with Crippen LogP contribution in [-0.4, -0.2) is 11.9 Å². The molecule has 1 fully saturated rings. The van der Waals surface area contributed by atoms with E-state index >= 15 is 0 Å². The molecule has 3 heteroatoms. The average molecular weight is 279 g/mol. The number of anilines is 1. The molecule has 2 aliphatic heterocycles. The minimum atomic E-state index is -0.260. The Balaban J connectivity index is 1.68. The van der Waals surface area contributed by atoms with Crippen molar-refractivity contribution in [3.05, 3.63) is 71.0 Å². The fraction of sp³-hybridized carbons (Fsp3) is 0.167. The molecule has 0 spiro atoms. The standard InChI is InChI=1S/C18H14FNO/c19-15-7-5-12(6-8-15)9-14-11-16-10-13-3-1-2-4-17(13)20(16)18(14)21/h1-9,16H,10-11H2/b14-9-. The Morgan fingerprint density at radius 1 is 1.05 bits per heavy atom. The van der Waals surface area contributed by atoms with E-state index in [-0.39, 0.29) is 17.8 Å². The molecule has 1 unspecified atom stereocenters. The van der Waals surface area contributed by atoms with Crippen LogP contribution < -0.4 is 4.90 Å². The molecule has 1 atom stereocenters. The number of halogens is 1. The third-order valence-electron chi connectivity index (χ3n) is 4.23. The number of hydrogen-bond donors (Lipinski definition) is 0. The second-order valence-corrected chi connectivity index (χ2v) is 5.59. The summed E-state index contributed by atoms with van der Waals surface area (Å²) in [6.07, 6.45) is 3.55. The number of benzene rings is 2. The molecule has 0 saturated carbocycles. The van der Waals surface area contributed by atoms with Gasteiger partial charge >= 0.3 is 0 Å². The maximum Gasteiger partial charge on any atom is 0.254 e. The van der Waals surface area contributed by atoms with E-state index in [0.29, 0.717) is 0 Å². The lowest BCUT2D eigenvalue weighted by Gasteiger charge is -2.15. The number of hydrogen-bond acceptors (Lipinski definition) is 1. The predicted octanol–water partition coefficient (Wildman–Crippen LogP) is 3.57. The molecule has 2 aromatic carbocycles. The van der Waals surface area contributed by atoms with Gasteiger partial charge in [-0.15, -0.1) is 0 Å². The van der Waals surface area contributed by atoms with E-state index in [1.165, 1.54) is 17.7 Å². The Hall–Kier alpha value is -2.42. The molecule has 0 aliphatic carbocycles. The summed E-state index contributed by atoms with van der Waals surface area (Å²) in [5.41, 5.74) is 3.96. The summed E-state index contributed by atoms with van der Waals surface area (Å²) in [7, 11) is 0. The van der Waals surface area contributed by atoms with Gasteiger partial charge in [-0.2, -0.15) is 0 Å². The molecule has 0 bridgehead atoms. The fourth-order valence-electron chi connectivity index (χ4n) is 3.28. The molecule has 0 aromatic heterocycles. The van der Waals surface area contributed by atoms with Gasteiger partial charge < -0.3 is 4.90 Å². The third-order valence-corrected chi connectivity index (χ3v) is 4.23. The Morgan fingerprint density at radius 2 is 1.81 bits per heavy atom. The predicted molar refractivity (Wildman–Crippen MR) is 80.4 cm³/mol. The van der Waals surface area contributed by atoms with Gasteiger partial charge in [0.15, 0.2) is 0 Å². The summed E-state index contributed by atoms with van der Waals surface area (Å²) in [4.78, 5) is 14.5. The maximum absolute atomic E-state index is 12.9. The summed E-state index contributed by atoms with van der Waals surface area (Å²) in [5.74, 6) is -0.182. The van der Waals surface area contributed by atoms with E-state index in [2.05, 4.69) is 6.07 Å². The molecule has 2 aromatic rings. The lowest BCUT2D eigenvalue weighted by Crippen LogP contribution is -2.29. The Morgan fingerprint density at radius 3 is 2.62 bits per heavy atom. The van der Waals surface area contributed by atoms with Gasteiger partial charge in [-0.05, 0) is 48.2 Å². The van der Waals surface area contributed by atoms with Gasteiger partial charge in [0.25, 0.3) is 5.91 Å². The first kappa shape index (κ1) is 12.3. The molecule has 0 N–H and O–H groups in total. The molecule has 2 heterocycles. The van der Waals surface area contributed by atoms with Gasteiger partial charge in [0, 0.05) is 17.3 Å². The van der Waals surface area contributed by atoms with Crippen molar-refractivity contribution >= 4 is 17.7 Å². The first-order chi connectivity index (χ1) is 10.2. The van der Waals surface area contributed by atoms with Crippen LogP contribution in [0.3, 0.4) is 0 Å². The smallest absolute Gasteiger partial charge is 0.254 e. The molecule has 21 heavy (non-hydrogen) atoms. The largest absolute Gasteiger partial charge is 0.305 e. The van der Waals surface area contributed by atoms with E-state index in [1.54, 1.807) is 12.1 Å². The SMILES string of the molecule is O=C1/C(=C\c2ccc(F)cc2)CC2Cc3ccccc3N12. The molecule has 104 valence electrons. The highest BCUT2D eigenvalue weighted by Crippen LogP contribution is 2.40. The number of carbonyl (C=O) groups excluding carboxylic acids is 1. The van der Waals surface area contributed by atoms with Crippen molar-refractivity contribution in [1.82, 2.24) is 0 Å². The lowest BCUT2D eigenvalue weighted by atomic mass is 10.0. The van der Waals surface area contributed by atoms with E-state index in [4.69, 9.17) is 0 Å². The number of carbonyl (C=O) groups is 1. The molecular formula is C18H14FNO. The zero-order valence-electron chi connectivity index (χ0n) is 11.4. The van der Waals surface area contributed by atoms with E-state index in [9.17, 15) is 9.18 Å². The van der Waals surface area contributed by atoms with Crippen LogP contribution in [0.2, 0.25) is 0 Å². The zero-order chi connectivity index (χ0) is 14.4. The molecule has 1 amide bonds. The van der Waals surface area contributed by atoms with Crippen LogP contribution in [0.4, 0.5) is 10.1 Å². The van der Waals surface area contributed by atoms with Crippen LogP contribution in [-0.2, 0) is 11.2 Å². The van der Waals surface area contributed by atoms with Crippen LogP contribution in [0, 0.1) is 5.82 Å². The second-order valence-electron chi connectivity index (χ2n) is 5.59. The monoisotopic (exact) mass is 279 g/mol. The van der Waals surface area contributed by atoms with Crippen LogP contribution in [0.1, 0.15) is 17.5 Å². The number of fused-ring (bicyclic) bond motifs is 3. The highest BCUT2D eigenvalue weighted by Gasteiger charge is 2.41. The summed E-state index contributed by atoms with van der Waals surface area (Å²) >= 11 is 0. The van der Waals surface area contributed by atoms with Gasteiger partial charge in [0.1, 0.15) is 5.82 Å². The average Bonchev–Trinajstić information content (AvgIpc) is 2.99. The Labute approximate surface area is 122 Å². The number of amides is 1. The summed E-state index contributed by atoms with van der Waals surface area (Å²) in [6, 6.07) is 14.6. The molecule has 1 saturated heterocycles. The van der Waals surface area contributed by atoms with Crippen molar-refractivity contribution in [2.75, 3.05) is 4.90 Å². The number of para-hydroxylation sites is 1. The van der Waals surface area contributed by atoms with E-state index < -0.39 is 0 Å². The highest BCUT2D eigenvalue weighted by molar-refractivity contribution is 6.12. The van der Waals surface area contributed by atoms with Gasteiger partial charge in [0.2, 0.25) is 0 Å². The fourth-order valence-corrected chi connectivity index (χ4v) is 3.28. The normalized spacial score (nSPS) is 21.8. The number of rotatable bonds is 1. The minimum absolute atomic E-state index is 0.0780. The van der Waals surface area contributed by atoms with Crippen molar-refractivity contribution in [3.8, 4) is 0 Å². The Kier molecular flexibility index (Phi) is 2.67. The lowest BCUT2D eigenvalue weighted by molar-refractivity contribution is -0.114. The summed E-state index contributed by atoms with van der Waals surface area (Å²) < 4.78 is 12.9. The van der Waals surface area contributed by atoms with Crippen molar-refractivity contribution in [3.63, 3.8) is 0 Å². The van der Waals surface area contributed by atoms with Crippen LogP contribution in [0.5, 0.6) is 0 Å². The van der Waals surface area contributed by atoms with Crippen molar-refractivity contribution in [2.45, 2.75) is 18.9 Å².